The van der Waals surface area contributed by atoms with Crippen LogP contribution in [0, 0.1) is 0 Å². The van der Waals surface area contributed by atoms with Crippen LogP contribution in [0.5, 0.6) is 0 Å². The second kappa shape index (κ2) is 4.97. The Balaban J connectivity index is 2.28. The first-order chi connectivity index (χ1) is 6.22. The molecule has 0 saturated carbocycles. The molecule has 0 atom stereocenters. The van der Waals surface area contributed by atoms with Crippen molar-refractivity contribution in [3.63, 3.8) is 0 Å². The fourth-order valence-corrected chi connectivity index (χ4v) is 1.08. The fraction of sp³-hybridized carbons (Fsp3) is 0.778. The Hall–Kier alpha value is -0.900. The lowest BCUT2D eigenvalue weighted by Gasteiger charge is -2.06. The van der Waals surface area contributed by atoms with Gasteiger partial charge in [-0.2, -0.15) is 0 Å². The Morgan fingerprint density at radius 1 is 1.54 bits per heavy atom. The van der Waals surface area contributed by atoms with Crippen molar-refractivity contribution < 1.29 is 0 Å². The number of hydrogen-bond acceptors (Lipinski definition) is 3. The maximum absolute atomic E-state index is 4.02. The monoisotopic (exact) mass is 182 g/mol. The zero-order chi connectivity index (χ0) is 9.68. The molecule has 13 heavy (non-hydrogen) atoms. The number of nitrogens with zero attached hydrogens (tertiary/aromatic N) is 3. The summed E-state index contributed by atoms with van der Waals surface area (Å²) in [6.45, 7) is 8.20. The van der Waals surface area contributed by atoms with Gasteiger partial charge >= 0.3 is 0 Å². The first-order valence-electron chi connectivity index (χ1n) is 4.84. The van der Waals surface area contributed by atoms with E-state index < -0.39 is 0 Å². The quantitative estimate of drug-likeness (QED) is 0.733. The maximum atomic E-state index is 4.02. The predicted molar refractivity (Wildman–Crippen MR) is 52.5 cm³/mol. The molecule has 1 rings (SSSR count). The molecule has 1 N–H and O–H groups in total. The van der Waals surface area contributed by atoms with Crippen LogP contribution in [0.2, 0.25) is 0 Å². The van der Waals surface area contributed by atoms with E-state index in [1.165, 1.54) is 0 Å². The number of nitrogens with one attached hydrogen (secondary N) is 1. The molecule has 4 heteroatoms. The summed E-state index contributed by atoms with van der Waals surface area (Å²) in [6.07, 6.45) is 2.96. The van der Waals surface area contributed by atoms with Crippen LogP contribution in [0.4, 0.5) is 0 Å². The molecule has 1 heterocycles. The van der Waals surface area contributed by atoms with E-state index in [1.807, 2.05) is 10.9 Å². The number of aromatic nitrogens is 3. The van der Waals surface area contributed by atoms with Gasteiger partial charge in [0.25, 0.3) is 0 Å². The van der Waals surface area contributed by atoms with Crippen molar-refractivity contribution in [2.45, 2.75) is 39.8 Å². The zero-order valence-corrected chi connectivity index (χ0v) is 8.62. The zero-order valence-electron chi connectivity index (χ0n) is 8.62. The highest BCUT2D eigenvalue weighted by atomic mass is 15.4. The third-order valence-corrected chi connectivity index (χ3v) is 1.84. The van der Waals surface area contributed by atoms with Gasteiger partial charge in [0.05, 0.1) is 12.2 Å². The van der Waals surface area contributed by atoms with E-state index in [4.69, 9.17) is 0 Å². The van der Waals surface area contributed by atoms with E-state index in [9.17, 15) is 0 Å². The van der Waals surface area contributed by atoms with E-state index in [0.29, 0.717) is 6.04 Å². The van der Waals surface area contributed by atoms with Crippen molar-refractivity contribution >= 4 is 0 Å². The normalized spacial score (nSPS) is 11.1. The van der Waals surface area contributed by atoms with E-state index in [1.54, 1.807) is 0 Å². The van der Waals surface area contributed by atoms with Crippen molar-refractivity contribution in [2.75, 3.05) is 6.54 Å². The third kappa shape index (κ3) is 3.55. The molecule has 4 nitrogen and oxygen atoms in total. The Kier molecular flexibility index (Phi) is 3.89. The van der Waals surface area contributed by atoms with Gasteiger partial charge in [0.15, 0.2) is 0 Å². The number of aryl methyl sites for hydroxylation is 1. The van der Waals surface area contributed by atoms with E-state index >= 15 is 0 Å². The highest BCUT2D eigenvalue weighted by Gasteiger charge is 1.97. The SMILES string of the molecule is CCc1cn(CCNC(C)C)nn1. The van der Waals surface area contributed by atoms with Crippen LogP contribution >= 0.6 is 0 Å². The molecule has 1 aromatic rings. The summed E-state index contributed by atoms with van der Waals surface area (Å²) in [5, 5.41) is 11.4. The molecule has 0 aromatic carbocycles. The average Bonchev–Trinajstić information content (AvgIpc) is 2.52. The fourth-order valence-electron chi connectivity index (χ4n) is 1.08. The third-order valence-electron chi connectivity index (χ3n) is 1.84. The minimum atomic E-state index is 0.536. The summed E-state index contributed by atoms with van der Waals surface area (Å²) < 4.78 is 1.88. The molecule has 74 valence electrons. The Bertz CT molecular complexity index is 242. The van der Waals surface area contributed by atoms with Gasteiger partial charge < -0.3 is 5.32 Å². The van der Waals surface area contributed by atoms with Crippen LogP contribution in [0.25, 0.3) is 0 Å². The highest BCUT2D eigenvalue weighted by molar-refractivity contribution is 4.90. The molecule has 0 amide bonds. The first-order valence-corrected chi connectivity index (χ1v) is 4.84. The van der Waals surface area contributed by atoms with Gasteiger partial charge in [0, 0.05) is 18.8 Å². The highest BCUT2D eigenvalue weighted by Crippen LogP contribution is 1.92. The summed E-state index contributed by atoms with van der Waals surface area (Å²) in [5.74, 6) is 0. The van der Waals surface area contributed by atoms with E-state index in [-0.39, 0.29) is 0 Å². The number of hydrogen-bond donors (Lipinski definition) is 1. The molecule has 0 saturated heterocycles. The second-order valence-electron chi connectivity index (χ2n) is 3.44. The molecule has 0 aliphatic rings. The van der Waals surface area contributed by atoms with E-state index in [0.717, 1.165) is 25.2 Å². The topological polar surface area (TPSA) is 42.7 Å². The molecule has 0 spiro atoms. The Labute approximate surface area is 79.3 Å². The van der Waals surface area contributed by atoms with Gasteiger partial charge in [-0.25, -0.2) is 0 Å². The standard InChI is InChI=1S/C9H18N4/c1-4-9-7-13(12-11-9)6-5-10-8(2)3/h7-8,10H,4-6H2,1-3H3. The summed E-state index contributed by atoms with van der Waals surface area (Å²) in [4.78, 5) is 0. The van der Waals surface area contributed by atoms with Crippen molar-refractivity contribution in [1.82, 2.24) is 20.3 Å². The van der Waals surface area contributed by atoms with Gasteiger partial charge in [-0.05, 0) is 6.42 Å². The van der Waals surface area contributed by atoms with Crippen LogP contribution in [0.1, 0.15) is 26.5 Å². The first kappa shape index (κ1) is 10.2. The molecule has 0 fully saturated rings. The molecule has 1 aromatic heterocycles. The average molecular weight is 182 g/mol. The summed E-state index contributed by atoms with van der Waals surface area (Å²) in [7, 11) is 0. The largest absolute Gasteiger partial charge is 0.313 e. The van der Waals surface area contributed by atoms with Crippen LogP contribution in [-0.2, 0) is 13.0 Å². The van der Waals surface area contributed by atoms with Crippen molar-refractivity contribution in [1.29, 1.82) is 0 Å². The Morgan fingerprint density at radius 2 is 2.31 bits per heavy atom. The Morgan fingerprint density at radius 3 is 2.85 bits per heavy atom. The molecule has 0 aliphatic heterocycles. The van der Waals surface area contributed by atoms with Crippen LogP contribution < -0.4 is 5.32 Å². The molecular formula is C9H18N4. The van der Waals surface area contributed by atoms with E-state index in [2.05, 4.69) is 36.4 Å². The summed E-state index contributed by atoms with van der Waals surface area (Å²) in [6, 6.07) is 0.536. The smallest absolute Gasteiger partial charge is 0.0824 e. The lowest BCUT2D eigenvalue weighted by Crippen LogP contribution is -2.26. The van der Waals surface area contributed by atoms with Gasteiger partial charge in [0.1, 0.15) is 0 Å². The van der Waals surface area contributed by atoms with Gasteiger partial charge in [-0.1, -0.05) is 26.0 Å². The molecule has 0 aliphatic carbocycles. The molecular weight excluding hydrogens is 164 g/mol. The van der Waals surface area contributed by atoms with Gasteiger partial charge in [-0.3, -0.25) is 4.68 Å². The lowest BCUT2D eigenvalue weighted by atomic mass is 10.4. The van der Waals surface area contributed by atoms with Crippen molar-refractivity contribution in [3.8, 4) is 0 Å². The summed E-state index contributed by atoms with van der Waals surface area (Å²) >= 11 is 0. The number of rotatable bonds is 5. The summed E-state index contributed by atoms with van der Waals surface area (Å²) in [5.41, 5.74) is 1.06. The minimum Gasteiger partial charge on any atom is -0.313 e. The van der Waals surface area contributed by atoms with Gasteiger partial charge in [-0.15, -0.1) is 5.10 Å². The van der Waals surface area contributed by atoms with Crippen molar-refractivity contribution in [3.05, 3.63) is 11.9 Å². The van der Waals surface area contributed by atoms with Crippen LogP contribution in [0.3, 0.4) is 0 Å². The predicted octanol–water partition coefficient (Wildman–Crippen LogP) is 0.838. The molecule has 0 bridgehead atoms. The molecule has 0 unspecified atom stereocenters. The maximum Gasteiger partial charge on any atom is 0.0824 e. The van der Waals surface area contributed by atoms with Crippen molar-refractivity contribution in [2.24, 2.45) is 0 Å². The van der Waals surface area contributed by atoms with Crippen LogP contribution in [0.15, 0.2) is 6.20 Å². The lowest BCUT2D eigenvalue weighted by molar-refractivity contribution is 0.506. The van der Waals surface area contributed by atoms with Gasteiger partial charge in [0.2, 0.25) is 0 Å². The van der Waals surface area contributed by atoms with Crippen LogP contribution in [-0.4, -0.2) is 27.6 Å². The molecule has 0 radical (unpaired) electrons. The minimum absolute atomic E-state index is 0.536. The second-order valence-corrected chi connectivity index (χ2v) is 3.44.